The van der Waals surface area contributed by atoms with E-state index in [-0.39, 0.29) is 37.1 Å². The molecule has 1 N–H and O–H groups in total. The number of hydrogen-bond donors (Lipinski definition) is 1. The number of carbonyl (C=O) groups excluding carboxylic acids is 1. The summed E-state index contributed by atoms with van der Waals surface area (Å²) in [5.74, 6) is 0.656. The Labute approximate surface area is 135 Å². The van der Waals surface area contributed by atoms with E-state index >= 15 is 0 Å². The number of carbonyl (C=O) groups is 1. The highest BCUT2D eigenvalue weighted by Gasteiger charge is 2.46. The van der Waals surface area contributed by atoms with Crippen LogP contribution >= 0.6 is 0 Å². The number of aliphatic hydroxyl groups excluding tert-OH is 1. The molecular weight excluding hydrogens is 298 g/mol. The van der Waals surface area contributed by atoms with Crippen LogP contribution in [0, 0.1) is 0 Å². The molecule has 126 valence electrons. The fourth-order valence-electron chi connectivity index (χ4n) is 3.42. The molecular formula is C17H23NO5. The zero-order chi connectivity index (χ0) is 16.6. The van der Waals surface area contributed by atoms with Crippen LogP contribution in [0.4, 0.5) is 5.69 Å². The summed E-state index contributed by atoms with van der Waals surface area (Å²) in [5.41, 5.74) is 2.22. The third-order valence-corrected chi connectivity index (χ3v) is 4.62. The highest BCUT2D eigenvalue weighted by Crippen LogP contribution is 2.47. The van der Waals surface area contributed by atoms with E-state index in [1.807, 2.05) is 31.1 Å². The summed E-state index contributed by atoms with van der Waals surface area (Å²) >= 11 is 0. The van der Waals surface area contributed by atoms with Gasteiger partial charge >= 0.3 is 5.97 Å². The molecule has 0 saturated carbocycles. The number of fused-ring (bicyclic) bond motifs is 3. The molecule has 2 heterocycles. The summed E-state index contributed by atoms with van der Waals surface area (Å²) < 4.78 is 16.6. The first-order valence-corrected chi connectivity index (χ1v) is 7.84. The van der Waals surface area contributed by atoms with Crippen LogP contribution in [0.5, 0.6) is 5.75 Å². The van der Waals surface area contributed by atoms with Crippen molar-refractivity contribution in [3.8, 4) is 5.75 Å². The van der Waals surface area contributed by atoms with Crippen molar-refractivity contribution in [3.63, 3.8) is 0 Å². The maximum atomic E-state index is 11.6. The Hall–Kier alpha value is -1.79. The fraction of sp³-hybridized carbons (Fsp3) is 0.588. The number of ether oxygens (including phenoxy) is 3. The van der Waals surface area contributed by atoms with Gasteiger partial charge in [-0.3, -0.25) is 4.79 Å². The van der Waals surface area contributed by atoms with Crippen molar-refractivity contribution in [1.29, 1.82) is 0 Å². The monoisotopic (exact) mass is 321 g/mol. The molecule has 6 nitrogen and oxygen atoms in total. The summed E-state index contributed by atoms with van der Waals surface area (Å²) in [4.78, 5) is 13.6. The molecule has 23 heavy (non-hydrogen) atoms. The van der Waals surface area contributed by atoms with Crippen molar-refractivity contribution < 1.29 is 24.1 Å². The molecule has 0 aliphatic carbocycles. The van der Waals surface area contributed by atoms with Gasteiger partial charge in [-0.15, -0.1) is 0 Å². The molecule has 0 bridgehead atoms. The molecule has 1 aromatic rings. The second-order valence-corrected chi connectivity index (χ2v) is 6.30. The van der Waals surface area contributed by atoms with Crippen molar-refractivity contribution in [3.05, 3.63) is 23.8 Å². The average molecular weight is 321 g/mol. The zero-order valence-corrected chi connectivity index (χ0v) is 13.7. The number of anilines is 1. The van der Waals surface area contributed by atoms with Crippen LogP contribution in [0.15, 0.2) is 18.2 Å². The SMILES string of the molecule is COC(=O)C[C@@H]1C[C@@H]2c3cc(N(C)C)ccc3O[C@@H]2[C@H](CO)O1. The van der Waals surface area contributed by atoms with Gasteiger partial charge in [-0.1, -0.05) is 0 Å². The van der Waals surface area contributed by atoms with Gasteiger partial charge in [-0.2, -0.15) is 0 Å². The summed E-state index contributed by atoms with van der Waals surface area (Å²) in [6.07, 6.45) is -0.0302. The van der Waals surface area contributed by atoms with Crippen LogP contribution in [0.1, 0.15) is 24.3 Å². The first kappa shape index (κ1) is 16.1. The van der Waals surface area contributed by atoms with Crippen molar-refractivity contribution >= 4 is 11.7 Å². The molecule has 1 fully saturated rings. The quantitative estimate of drug-likeness (QED) is 0.844. The first-order valence-electron chi connectivity index (χ1n) is 7.84. The van der Waals surface area contributed by atoms with Gasteiger partial charge in [0, 0.05) is 31.3 Å². The number of aliphatic hydroxyl groups is 1. The Bertz CT molecular complexity index is 588. The minimum absolute atomic E-state index is 0.116. The van der Waals surface area contributed by atoms with Crippen LogP contribution in [0.2, 0.25) is 0 Å². The van der Waals surface area contributed by atoms with Gasteiger partial charge in [0.05, 0.1) is 26.2 Å². The van der Waals surface area contributed by atoms with Gasteiger partial charge in [0.1, 0.15) is 18.0 Å². The lowest BCUT2D eigenvalue weighted by Gasteiger charge is -2.36. The van der Waals surface area contributed by atoms with E-state index in [1.165, 1.54) is 7.11 Å². The predicted molar refractivity (Wildman–Crippen MR) is 84.9 cm³/mol. The number of esters is 1. The normalized spacial score (nSPS) is 28.5. The lowest BCUT2D eigenvalue weighted by atomic mass is 9.84. The molecule has 3 rings (SSSR count). The lowest BCUT2D eigenvalue weighted by molar-refractivity contribution is -0.156. The van der Waals surface area contributed by atoms with E-state index in [2.05, 4.69) is 6.07 Å². The number of nitrogens with zero attached hydrogens (tertiary/aromatic N) is 1. The molecule has 4 atom stereocenters. The van der Waals surface area contributed by atoms with Gasteiger partial charge in [0.15, 0.2) is 0 Å². The van der Waals surface area contributed by atoms with Gasteiger partial charge in [0.25, 0.3) is 0 Å². The fourth-order valence-corrected chi connectivity index (χ4v) is 3.42. The van der Waals surface area contributed by atoms with E-state index in [1.54, 1.807) is 0 Å². The summed E-state index contributed by atoms with van der Waals surface area (Å²) in [5, 5.41) is 9.64. The van der Waals surface area contributed by atoms with Crippen LogP contribution in [-0.2, 0) is 14.3 Å². The van der Waals surface area contributed by atoms with Crippen molar-refractivity contribution in [1.82, 2.24) is 0 Å². The van der Waals surface area contributed by atoms with Gasteiger partial charge in [0.2, 0.25) is 0 Å². The maximum Gasteiger partial charge on any atom is 0.308 e. The Morgan fingerprint density at radius 1 is 1.43 bits per heavy atom. The first-order chi connectivity index (χ1) is 11.0. The third-order valence-electron chi connectivity index (χ3n) is 4.62. The van der Waals surface area contributed by atoms with E-state index in [4.69, 9.17) is 14.2 Å². The number of methoxy groups -OCH3 is 1. The molecule has 0 spiro atoms. The zero-order valence-electron chi connectivity index (χ0n) is 13.7. The predicted octanol–water partition coefficient (Wildman–Crippen LogP) is 1.31. The van der Waals surface area contributed by atoms with Gasteiger partial charge < -0.3 is 24.2 Å². The second-order valence-electron chi connectivity index (χ2n) is 6.30. The van der Waals surface area contributed by atoms with E-state index in [0.717, 1.165) is 17.0 Å². The third kappa shape index (κ3) is 3.01. The average Bonchev–Trinajstić information content (AvgIpc) is 2.91. The number of rotatable bonds is 4. The minimum Gasteiger partial charge on any atom is -0.487 e. The van der Waals surface area contributed by atoms with Crippen LogP contribution in [-0.4, -0.2) is 57.2 Å². The number of hydrogen-bond acceptors (Lipinski definition) is 6. The molecule has 0 radical (unpaired) electrons. The minimum atomic E-state index is -0.432. The van der Waals surface area contributed by atoms with Crippen LogP contribution in [0.3, 0.4) is 0 Å². The molecule has 0 aromatic heterocycles. The molecule has 2 aliphatic heterocycles. The van der Waals surface area contributed by atoms with Crippen LogP contribution < -0.4 is 9.64 Å². The highest BCUT2D eigenvalue weighted by molar-refractivity contribution is 5.69. The molecule has 1 saturated heterocycles. The molecule has 6 heteroatoms. The summed E-state index contributed by atoms with van der Waals surface area (Å²) in [6.45, 7) is -0.132. The lowest BCUT2D eigenvalue weighted by Crippen LogP contribution is -2.46. The highest BCUT2D eigenvalue weighted by atomic mass is 16.6. The topological polar surface area (TPSA) is 68.2 Å². The summed E-state index contributed by atoms with van der Waals surface area (Å²) in [6, 6.07) is 6.10. The Morgan fingerprint density at radius 3 is 2.87 bits per heavy atom. The number of benzene rings is 1. The van der Waals surface area contributed by atoms with E-state index < -0.39 is 6.10 Å². The standard InChI is InChI=1S/C17H23NO5/c1-18(2)10-4-5-14-12(6-10)13-7-11(8-16(20)21-3)22-15(9-19)17(13)23-14/h4-6,11,13,15,17,19H,7-9H2,1-3H3/t11-,13+,15-,17-/m0/s1. The van der Waals surface area contributed by atoms with E-state index in [9.17, 15) is 9.90 Å². The Balaban J connectivity index is 1.86. The second kappa shape index (κ2) is 6.37. The largest absolute Gasteiger partial charge is 0.487 e. The van der Waals surface area contributed by atoms with Crippen LogP contribution in [0.25, 0.3) is 0 Å². The van der Waals surface area contributed by atoms with E-state index in [0.29, 0.717) is 6.42 Å². The Morgan fingerprint density at radius 2 is 2.22 bits per heavy atom. The smallest absolute Gasteiger partial charge is 0.308 e. The maximum absolute atomic E-state index is 11.6. The molecule has 2 aliphatic rings. The van der Waals surface area contributed by atoms with Crippen molar-refractivity contribution in [2.24, 2.45) is 0 Å². The Kier molecular flexibility index (Phi) is 4.46. The molecule has 0 unspecified atom stereocenters. The van der Waals surface area contributed by atoms with Gasteiger partial charge in [-0.25, -0.2) is 0 Å². The molecule has 1 aromatic carbocycles. The van der Waals surface area contributed by atoms with Crippen molar-refractivity contribution in [2.45, 2.75) is 37.1 Å². The summed E-state index contributed by atoms with van der Waals surface area (Å²) in [7, 11) is 5.36. The van der Waals surface area contributed by atoms with Crippen molar-refractivity contribution in [2.75, 3.05) is 32.7 Å². The van der Waals surface area contributed by atoms with Gasteiger partial charge in [-0.05, 0) is 24.6 Å². The molecule has 0 amide bonds.